The van der Waals surface area contributed by atoms with Crippen molar-refractivity contribution in [1.82, 2.24) is 15.2 Å². The summed E-state index contributed by atoms with van der Waals surface area (Å²) in [6.07, 6.45) is 2.48. The monoisotopic (exact) mass is 313 g/mol. The van der Waals surface area contributed by atoms with E-state index in [0.29, 0.717) is 19.7 Å². The number of ether oxygens (including phenoxy) is 1. The first-order valence-corrected chi connectivity index (χ1v) is 7.73. The summed E-state index contributed by atoms with van der Waals surface area (Å²) >= 11 is 0. The van der Waals surface area contributed by atoms with Crippen molar-refractivity contribution in [1.29, 1.82) is 0 Å². The largest absolute Gasteiger partial charge is 0.492 e. The summed E-state index contributed by atoms with van der Waals surface area (Å²) in [5.41, 5.74) is 2.17. The molecule has 1 aromatic heterocycles. The van der Waals surface area contributed by atoms with Gasteiger partial charge in [-0.1, -0.05) is 23.8 Å². The number of hydrogen-bond acceptors (Lipinski definition) is 3. The molecule has 0 aliphatic heterocycles. The Bertz CT molecular complexity index is 599. The van der Waals surface area contributed by atoms with Gasteiger partial charge >= 0.3 is 6.03 Å². The molecule has 0 saturated heterocycles. The molecule has 0 saturated carbocycles. The van der Waals surface area contributed by atoms with Crippen molar-refractivity contribution in [3.8, 4) is 5.75 Å². The van der Waals surface area contributed by atoms with Crippen molar-refractivity contribution in [3.63, 3.8) is 0 Å². The fraction of sp³-hybridized carbons (Fsp3) is 0.333. The fourth-order valence-corrected chi connectivity index (χ4v) is 2.01. The molecule has 0 aliphatic carbocycles. The smallest absolute Gasteiger partial charge is 0.317 e. The van der Waals surface area contributed by atoms with E-state index < -0.39 is 0 Å². The number of likely N-dealkylation sites (N-methyl/N-ethyl adjacent to an activating group) is 1. The third-order valence-electron chi connectivity index (χ3n) is 3.45. The van der Waals surface area contributed by atoms with Crippen molar-refractivity contribution in [2.45, 2.75) is 13.3 Å². The highest BCUT2D eigenvalue weighted by Crippen LogP contribution is 2.11. The summed E-state index contributed by atoms with van der Waals surface area (Å²) in [5.74, 6) is 0.819. The molecular weight excluding hydrogens is 290 g/mol. The minimum atomic E-state index is -0.103. The molecule has 0 aliphatic rings. The summed E-state index contributed by atoms with van der Waals surface area (Å²) in [6, 6.07) is 13.5. The van der Waals surface area contributed by atoms with Crippen LogP contribution in [0.15, 0.2) is 48.7 Å². The van der Waals surface area contributed by atoms with E-state index in [0.717, 1.165) is 17.9 Å². The van der Waals surface area contributed by atoms with Gasteiger partial charge in [-0.2, -0.15) is 0 Å². The summed E-state index contributed by atoms with van der Waals surface area (Å²) < 4.78 is 5.62. The lowest BCUT2D eigenvalue weighted by atomic mass is 10.2. The lowest BCUT2D eigenvalue weighted by Gasteiger charge is -2.18. The first kappa shape index (κ1) is 16.8. The van der Waals surface area contributed by atoms with E-state index in [1.54, 1.807) is 18.1 Å². The van der Waals surface area contributed by atoms with Crippen molar-refractivity contribution >= 4 is 6.03 Å². The van der Waals surface area contributed by atoms with Crippen LogP contribution in [-0.2, 0) is 6.42 Å². The molecule has 2 rings (SSSR count). The van der Waals surface area contributed by atoms with E-state index in [1.165, 1.54) is 5.56 Å². The molecule has 2 amide bonds. The van der Waals surface area contributed by atoms with Gasteiger partial charge < -0.3 is 15.0 Å². The number of aromatic nitrogens is 1. The highest BCUT2D eigenvalue weighted by atomic mass is 16.5. The van der Waals surface area contributed by atoms with Gasteiger partial charge in [0.25, 0.3) is 0 Å². The quantitative estimate of drug-likeness (QED) is 0.855. The maximum atomic E-state index is 12.0. The Morgan fingerprint density at radius 1 is 1.22 bits per heavy atom. The molecule has 1 heterocycles. The number of carbonyl (C=O) groups excluding carboxylic acids is 1. The molecule has 2 aromatic rings. The van der Waals surface area contributed by atoms with Crippen LogP contribution in [0.4, 0.5) is 4.79 Å². The number of hydrogen-bond donors (Lipinski definition) is 1. The van der Waals surface area contributed by atoms with Crippen LogP contribution < -0.4 is 10.1 Å². The predicted molar refractivity (Wildman–Crippen MR) is 90.6 cm³/mol. The number of aryl methyl sites for hydroxylation is 1. The van der Waals surface area contributed by atoms with Crippen molar-refractivity contribution in [2.75, 3.05) is 26.7 Å². The Morgan fingerprint density at radius 3 is 2.70 bits per heavy atom. The van der Waals surface area contributed by atoms with Crippen molar-refractivity contribution in [3.05, 3.63) is 59.9 Å². The molecule has 0 fully saturated rings. The first-order chi connectivity index (χ1) is 11.1. The van der Waals surface area contributed by atoms with Gasteiger partial charge in [-0.15, -0.1) is 0 Å². The molecular formula is C18H23N3O2. The van der Waals surface area contributed by atoms with Gasteiger partial charge in [0, 0.05) is 31.9 Å². The number of amides is 2. The van der Waals surface area contributed by atoms with Gasteiger partial charge in [-0.25, -0.2) is 4.79 Å². The second kappa shape index (κ2) is 8.78. The zero-order chi connectivity index (χ0) is 16.5. The number of urea groups is 1. The highest BCUT2D eigenvalue weighted by Gasteiger charge is 2.07. The third-order valence-corrected chi connectivity index (χ3v) is 3.45. The third kappa shape index (κ3) is 5.98. The van der Waals surface area contributed by atoms with E-state index in [9.17, 15) is 4.79 Å². The SMILES string of the molecule is Cc1ccc(OCCN(C)C(=O)NCCc2ccccn2)cc1. The Kier molecular flexibility index (Phi) is 6.41. The van der Waals surface area contributed by atoms with Gasteiger partial charge in [0.05, 0.1) is 6.54 Å². The van der Waals surface area contributed by atoms with Gasteiger partial charge in [0.15, 0.2) is 0 Å². The molecule has 23 heavy (non-hydrogen) atoms. The summed E-state index contributed by atoms with van der Waals surface area (Å²) in [7, 11) is 1.76. The Labute approximate surface area is 137 Å². The molecule has 1 N–H and O–H groups in total. The lowest BCUT2D eigenvalue weighted by molar-refractivity contribution is 0.195. The number of nitrogens with zero attached hydrogens (tertiary/aromatic N) is 2. The van der Waals surface area contributed by atoms with E-state index in [4.69, 9.17) is 4.74 Å². The maximum Gasteiger partial charge on any atom is 0.317 e. The fourth-order valence-electron chi connectivity index (χ4n) is 2.01. The van der Waals surface area contributed by atoms with Gasteiger partial charge in [0.1, 0.15) is 12.4 Å². The number of benzene rings is 1. The zero-order valence-electron chi connectivity index (χ0n) is 13.7. The standard InChI is InChI=1S/C18H23N3O2/c1-15-6-8-17(9-7-15)23-14-13-21(2)18(22)20-12-10-16-5-3-4-11-19-16/h3-9,11H,10,12-14H2,1-2H3,(H,20,22). The van der Waals surface area contributed by atoms with E-state index >= 15 is 0 Å². The first-order valence-electron chi connectivity index (χ1n) is 7.73. The van der Waals surface area contributed by atoms with E-state index in [-0.39, 0.29) is 6.03 Å². The molecule has 0 atom stereocenters. The minimum Gasteiger partial charge on any atom is -0.492 e. The Morgan fingerprint density at radius 2 is 2.00 bits per heavy atom. The number of carbonyl (C=O) groups is 1. The van der Waals surface area contributed by atoms with Gasteiger partial charge in [-0.05, 0) is 31.2 Å². The topological polar surface area (TPSA) is 54.5 Å². The summed E-state index contributed by atoms with van der Waals surface area (Å²) in [6.45, 7) is 3.60. The normalized spacial score (nSPS) is 10.2. The molecule has 0 bridgehead atoms. The zero-order valence-corrected chi connectivity index (χ0v) is 13.7. The number of rotatable bonds is 7. The second-order valence-electron chi connectivity index (χ2n) is 5.39. The maximum absolute atomic E-state index is 12.0. The summed E-state index contributed by atoms with van der Waals surface area (Å²) in [4.78, 5) is 17.8. The van der Waals surface area contributed by atoms with Crippen LogP contribution in [0.1, 0.15) is 11.3 Å². The molecule has 0 radical (unpaired) electrons. The van der Waals surface area contributed by atoms with E-state index in [2.05, 4.69) is 10.3 Å². The highest BCUT2D eigenvalue weighted by molar-refractivity contribution is 5.73. The Hall–Kier alpha value is -2.56. The van der Waals surface area contributed by atoms with Crippen LogP contribution in [0.5, 0.6) is 5.75 Å². The average molecular weight is 313 g/mol. The van der Waals surface area contributed by atoms with Crippen LogP contribution >= 0.6 is 0 Å². The van der Waals surface area contributed by atoms with Crippen molar-refractivity contribution in [2.24, 2.45) is 0 Å². The van der Waals surface area contributed by atoms with Gasteiger partial charge in [-0.3, -0.25) is 4.98 Å². The van der Waals surface area contributed by atoms with E-state index in [1.807, 2.05) is 49.4 Å². The number of pyridine rings is 1. The minimum absolute atomic E-state index is 0.103. The lowest BCUT2D eigenvalue weighted by Crippen LogP contribution is -2.40. The average Bonchev–Trinajstić information content (AvgIpc) is 2.57. The predicted octanol–water partition coefficient (Wildman–Crippen LogP) is 2.65. The molecule has 0 unspecified atom stereocenters. The molecule has 5 heteroatoms. The van der Waals surface area contributed by atoms with Crippen LogP contribution in [0.25, 0.3) is 0 Å². The molecule has 1 aromatic carbocycles. The molecule has 122 valence electrons. The number of nitrogens with one attached hydrogen (secondary N) is 1. The molecule has 0 spiro atoms. The van der Waals surface area contributed by atoms with Crippen LogP contribution in [0, 0.1) is 6.92 Å². The van der Waals surface area contributed by atoms with Crippen LogP contribution in [-0.4, -0.2) is 42.7 Å². The van der Waals surface area contributed by atoms with Crippen LogP contribution in [0.2, 0.25) is 0 Å². The second-order valence-corrected chi connectivity index (χ2v) is 5.39. The van der Waals surface area contributed by atoms with Crippen LogP contribution in [0.3, 0.4) is 0 Å². The van der Waals surface area contributed by atoms with Gasteiger partial charge in [0.2, 0.25) is 0 Å². The molecule has 5 nitrogen and oxygen atoms in total. The summed E-state index contributed by atoms with van der Waals surface area (Å²) in [5, 5.41) is 2.88. The Balaban J connectivity index is 1.63. The van der Waals surface area contributed by atoms with Crippen molar-refractivity contribution < 1.29 is 9.53 Å².